The zero-order valence-electron chi connectivity index (χ0n) is 38.7. The summed E-state index contributed by atoms with van der Waals surface area (Å²) >= 11 is 0. The van der Waals surface area contributed by atoms with Gasteiger partial charge in [-0.15, -0.1) is 4.90 Å². The molecule has 0 unspecified atom stereocenters. The molecular weight excluding hydrogens is 839 g/mol. The molecule has 1 aliphatic heterocycles. The number of benzene rings is 3. The van der Waals surface area contributed by atoms with Crippen molar-refractivity contribution in [2.75, 3.05) is 30.5 Å². The average Bonchev–Trinajstić information content (AvgIpc) is 3.77. The quantitative estimate of drug-likeness (QED) is 0.110. The van der Waals surface area contributed by atoms with E-state index < -0.39 is 58.8 Å². The predicted molar refractivity (Wildman–Crippen MR) is 241 cm³/mol. The highest BCUT2D eigenvalue weighted by Crippen LogP contribution is 2.40. The van der Waals surface area contributed by atoms with Gasteiger partial charge in [0.1, 0.15) is 35.0 Å². The summed E-state index contributed by atoms with van der Waals surface area (Å²) < 4.78 is 31.1. The van der Waals surface area contributed by atoms with E-state index in [1.54, 1.807) is 99.0 Å². The van der Waals surface area contributed by atoms with Gasteiger partial charge in [-0.2, -0.15) is 0 Å². The standard InChI is InChI=1S/C47H55N7O11/c1-26(2)25-49-38(55)27-13-15-29(32(21-27)40(57)61-12)30-24-36-33(37-48-17-18-52(37)19-20-62-36)23-31(30)39(56)50-28-14-16-34-35(22-28)53(42(58)63-45(3,4)5)41(51-34)54(43(59)64-46(6,7)8)44(60)65-47(9,10)11/h13-18,21-24,26H,19-20,25H2,1-12H3,(H,49,55)(H,50,56). The Labute approximate surface area is 376 Å². The van der Waals surface area contributed by atoms with Gasteiger partial charge in [0.2, 0.25) is 5.95 Å². The molecule has 2 N–H and O–H groups in total. The van der Waals surface area contributed by atoms with Crippen LogP contribution in [-0.2, 0) is 25.5 Å². The number of hydrogen-bond acceptors (Lipinski definition) is 13. The van der Waals surface area contributed by atoms with Crippen LogP contribution in [-0.4, -0.2) is 92.2 Å². The molecule has 0 aliphatic carbocycles. The number of imide groups is 1. The van der Waals surface area contributed by atoms with Crippen LogP contribution in [0.1, 0.15) is 107 Å². The van der Waals surface area contributed by atoms with E-state index in [0.717, 1.165) is 4.57 Å². The first-order valence-corrected chi connectivity index (χ1v) is 21.0. The summed E-state index contributed by atoms with van der Waals surface area (Å²) in [7, 11) is 1.22. The van der Waals surface area contributed by atoms with Gasteiger partial charge in [-0.05, 0) is 122 Å². The minimum atomic E-state index is -1.17. The highest BCUT2D eigenvalue weighted by atomic mass is 16.6. The van der Waals surface area contributed by atoms with Crippen molar-refractivity contribution in [3.8, 4) is 28.3 Å². The largest absolute Gasteiger partial charge is 0.491 e. The van der Waals surface area contributed by atoms with Crippen molar-refractivity contribution < 1.29 is 52.5 Å². The van der Waals surface area contributed by atoms with Crippen molar-refractivity contribution in [2.24, 2.45) is 5.92 Å². The summed E-state index contributed by atoms with van der Waals surface area (Å²) in [5.74, 6) is -1.17. The molecule has 6 rings (SSSR count). The number of imidazole rings is 2. The van der Waals surface area contributed by atoms with Gasteiger partial charge >= 0.3 is 24.2 Å². The van der Waals surface area contributed by atoms with Crippen molar-refractivity contribution in [1.82, 2.24) is 24.4 Å². The van der Waals surface area contributed by atoms with Gasteiger partial charge in [0.25, 0.3) is 11.8 Å². The number of carbonyl (C=O) groups excluding carboxylic acids is 6. The normalized spacial score (nSPS) is 12.6. The smallest absolute Gasteiger partial charge is 0.427 e. The van der Waals surface area contributed by atoms with E-state index in [1.165, 1.54) is 31.4 Å². The number of aromatic nitrogens is 4. The fourth-order valence-corrected chi connectivity index (χ4v) is 6.70. The zero-order chi connectivity index (χ0) is 47.8. The first kappa shape index (κ1) is 47.2. The predicted octanol–water partition coefficient (Wildman–Crippen LogP) is 8.84. The molecule has 0 atom stereocenters. The number of nitrogens with zero attached hydrogens (tertiary/aromatic N) is 5. The molecule has 0 bridgehead atoms. The minimum Gasteiger partial charge on any atom is -0.491 e. The third-order valence-corrected chi connectivity index (χ3v) is 9.38. The van der Waals surface area contributed by atoms with Crippen molar-refractivity contribution in [3.63, 3.8) is 0 Å². The third kappa shape index (κ3) is 10.9. The first-order chi connectivity index (χ1) is 30.3. The van der Waals surface area contributed by atoms with Crippen LogP contribution in [0.2, 0.25) is 0 Å². The Morgan fingerprint density at radius 3 is 2.06 bits per heavy atom. The maximum absolute atomic E-state index is 14.8. The zero-order valence-corrected chi connectivity index (χ0v) is 38.7. The van der Waals surface area contributed by atoms with Gasteiger partial charge < -0.3 is 38.9 Å². The van der Waals surface area contributed by atoms with Gasteiger partial charge in [0, 0.05) is 35.8 Å². The molecule has 4 amide bonds. The Balaban J connectivity index is 1.52. The van der Waals surface area contributed by atoms with E-state index in [-0.39, 0.29) is 57.1 Å². The van der Waals surface area contributed by atoms with Crippen molar-refractivity contribution in [1.29, 1.82) is 0 Å². The lowest BCUT2D eigenvalue weighted by molar-refractivity contribution is 0.0422. The summed E-state index contributed by atoms with van der Waals surface area (Å²) in [4.78, 5) is 92.7. The number of methoxy groups -OCH3 is 1. The van der Waals surface area contributed by atoms with Crippen LogP contribution in [0.15, 0.2) is 60.9 Å². The molecular formula is C47H55N7O11. The van der Waals surface area contributed by atoms with E-state index in [1.807, 2.05) is 18.4 Å². The number of esters is 1. The number of hydrogen-bond donors (Lipinski definition) is 2. The second-order valence-corrected chi connectivity index (χ2v) is 18.7. The third-order valence-electron chi connectivity index (χ3n) is 9.38. The van der Waals surface area contributed by atoms with Gasteiger partial charge in [0.15, 0.2) is 0 Å². The highest BCUT2D eigenvalue weighted by molar-refractivity contribution is 6.14. The molecule has 1 aliphatic rings. The molecule has 0 saturated heterocycles. The Bertz CT molecular complexity index is 2670. The SMILES string of the molecule is COC(=O)c1cc(C(=O)NCC(C)C)ccc1-c1cc2c(cc1C(=O)Nc1ccc3nc(N(C(=O)OC(C)(C)C)C(=O)OC(C)(C)C)n(C(=O)OC(C)(C)C)c3c1)-c1nccn1CCO2. The Morgan fingerprint density at radius 1 is 0.785 bits per heavy atom. The maximum Gasteiger partial charge on any atom is 0.427 e. The topological polar surface area (TPSA) is 212 Å². The van der Waals surface area contributed by atoms with E-state index in [9.17, 15) is 28.8 Å². The summed E-state index contributed by atoms with van der Waals surface area (Å²) in [6, 6.07) is 12.2. The summed E-state index contributed by atoms with van der Waals surface area (Å²) in [6.45, 7) is 19.7. The van der Waals surface area contributed by atoms with Crippen LogP contribution in [0.3, 0.4) is 0 Å². The Kier molecular flexibility index (Phi) is 13.2. The van der Waals surface area contributed by atoms with Crippen LogP contribution < -0.4 is 20.3 Å². The summed E-state index contributed by atoms with van der Waals surface area (Å²) in [5.41, 5.74) is -1.51. The number of fused-ring (bicyclic) bond motifs is 4. The molecule has 0 radical (unpaired) electrons. The number of nitrogens with one attached hydrogen (secondary N) is 2. The molecule has 0 saturated carbocycles. The lowest BCUT2D eigenvalue weighted by atomic mass is 9.91. The average molecular weight is 894 g/mol. The first-order valence-electron chi connectivity index (χ1n) is 21.0. The van der Waals surface area contributed by atoms with E-state index in [4.69, 9.17) is 23.7 Å². The van der Waals surface area contributed by atoms with Crippen molar-refractivity contribution in [3.05, 3.63) is 77.6 Å². The highest BCUT2D eigenvalue weighted by Gasteiger charge is 2.39. The van der Waals surface area contributed by atoms with Crippen LogP contribution >= 0.6 is 0 Å². The van der Waals surface area contributed by atoms with E-state index in [2.05, 4.69) is 20.6 Å². The van der Waals surface area contributed by atoms with Gasteiger partial charge in [0.05, 0.1) is 35.8 Å². The molecule has 18 nitrogen and oxygen atoms in total. The molecule has 0 spiro atoms. The van der Waals surface area contributed by atoms with Gasteiger partial charge in [-0.3, -0.25) is 9.59 Å². The van der Waals surface area contributed by atoms with Gasteiger partial charge in [-0.25, -0.2) is 33.7 Å². The van der Waals surface area contributed by atoms with E-state index in [0.29, 0.717) is 35.1 Å². The molecule has 344 valence electrons. The van der Waals surface area contributed by atoms with Gasteiger partial charge in [-0.1, -0.05) is 19.9 Å². The minimum absolute atomic E-state index is 0.0172. The number of anilines is 2. The number of rotatable bonds is 8. The fourth-order valence-electron chi connectivity index (χ4n) is 6.70. The van der Waals surface area contributed by atoms with Crippen molar-refractivity contribution >= 4 is 58.7 Å². The van der Waals surface area contributed by atoms with Crippen LogP contribution in [0.25, 0.3) is 33.5 Å². The summed E-state index contributed by atoms with van der Waals surface area (Å²) in [5, 5.41) is 5.76. The number of ether oxygens (including phenoxy) is 5. The molecule has 3 aromatic carbocycles. The van der Waals surface area contributed by atoms with Crippen molar-refractivity contribution in [2.45, 2.75) is 99.5 Å². The maximum atomic E-state index is 14.8. The second-order valence-electron chi connectivity index (χ2n) is 18.7. The van der Waals surface area contributed by atoms with E-state index >= 15 is 0 Å². The number of carbonyl (C=O) groups is 6. The molecule has 65 heavy (non-hydrogen) atoms. The molecule has 0 fully saturated rings. The Morgan fingerprint density at radius 2 is 1.45 bits per heavy atom. The number of amides is 4. The monoisotopic (exact) mass is 893 g/mol. The molecule has 18 heteroatoms. The van der Waals surface area contributed by atoms with Crippen LogP contribution in [0, 0.1) is 5.92 Å². The lowest BCUT2D eigenvalue weighted by Gasteiger charge is -2.28. The fraction of sp³-hybridized carbons (Fsp3) is 0.404. The second kappa shape index (κ2) is 18.1. The molecule has 5 aromatic rings. The molecule has 2 aromatic heterocycles. The Hall–Kier alpha value is -7.24. The van der Waals surface area contributed by atoms with Crippen LogP contribution in [0.4, 0.5) is 26.0 Å². The molecule has 3 heterocycles. The lowest BCUT2D eigenvalue weighted by Crippen LogP contribution is -2.45. The summed E-state index contributed by atoms with van der Waals surface area (Å²) in [6.07, 6.45) is 0.0909. The van der Waals surface area contributed by atoms with Crippen LogP contribution in [0.5, 0.6) is 5.75 Å².